The number of rotatable bonds is 11. The van der Waals surface area contributed by atoms with E-state index in [4.69, 9.17) is 9.84 Å². The van der Waals surface area contributed by atoms with Gasteiger partial charge in [0.15, 0.2) is 0 Å². The van der Waals surface area contributed by atoms with Crippen molar-refractivity contribution < 1.29 is 9.84 Å². The van der Waals surface area contributed by atoms with E-state index >= 15 is 0 Å². The predicted molar refractivity (Wildman–Crippen MR) is 68.9 cm³/mol. The molecule has 4 nitrogen and oxygen atoms in total. The summed E-state index contributed by atoms with van der Waals surface area (Å²) in [6.07, 6.45) is 10.6. The zero-order valence-electron chi connectivity index (χ0n) is 10.8. The summed E-state index contributed by atoms with van der Waals surface area (Å²) >= 11 is 0. The molecule has 0 aromatic heterocycles. The molecule has 0 aliphatic heterocycles. The average Bonchev–Trinajstić information content (AvgIpc) is 2.34. The van der Waals surface area contributed by atoms with E-state index in [2.05, 4.69) is 18.6 Å². The molecule has 0 saturated heterocycles. The van der Waals surface area contributed by atoms with Crippen LogP contribution in [0.3, 0.4) is 0 Å². The van der Waals surface area contributed by atoms with Crippen molar-refractivity contribution in [3.8, 4) is 0 Å². The molecule has 0 aromatic rings. The van der Waals surface area contributed by atoms with Gasteiger partial charge in [-0.05, 0) is 6.42 Å². The molecule has 0 aromatic carbocycles. The van der Waals surface area contributed by atoms with Gasteiger partial charge in [-0.15, -0.1) is 0 Å². The highest BCUT2D eigenvalue weighted by molar-refractivity contribution is 4.45. The van der Waals surface area contributed by atoms with Crippen molar-refractivity contribution in [2.75, 3.05) is 19.8 Å². The van der Waals surface area contributed by atoms with E-state index in [-0.39, 0.29) is 6.61 Å². The number of aliphatic hydroxyl groups excluding tert-OH is 1. The Morgan fingerprint density at radius 1 is 0.812 bits per heavy atom. The van der Waals surface area contributed by atoms with Crippen molar-refractivity contribution >= 4 is 0 Å². The third-order valence-corrected chi connectivity index (χ3v) is 2.38. The Morgan fingerprint density at radius 2 is 1.31 bits per heavy atom. The second-order valence-corrected chi connectivity index (χ2v) is 3.81. The van der Waals surface area contributed by atoms with Crippen molar-refractivity contribution in [2.45, 2.75) is 58.3 Å². The predicted octanol–water partition coefficient (Wildman–Crippen LogP) is 1.95. The van der Waals surface area contributed by atoms with Gasteiger partial charge in [0.2, 0.25) is 0 Å². The highest BCUT2D eigenvalue weighted by atomic mass is 16.5. The van der Waals surface area contributed by atoms with Gasteiger partial charge in [0.05, 0.1) is 13.2 Å². The summed E-state index contributed by atoms with van der Waals surface area (Å²) in [4.78, 5) is 0. The first kappa shape index (κ1) is 18.2. The summed E-state index contributed by atoms with van der Waals surface area (Å²) in [6, 6.07) is 0. The summed E-state index contributed by atoms with van der Waals surface area (Å²) in [5, 5.41) is 8.46. The van der Waals surface area contributed by atoms with Crippen LogP contribution in [0.5, 0.6) is 0 Å². The molecule has 0 unspecified atom stereocenters. The van der Waals surface area contributed by atoms with Crippen molar-refractivity contribution in [1.82, 2.24) is 0 Å². The van der Waals surface area contributed by atoms with Gasteiger partial charge in [0.1, 0.15) is 0 Å². The van der Waals surface area contributed by atoms with E-state index in [0.717, 1.165) is 13.0 Å². The number of hydrazine groups is 1. The van der Waals surface area contributed by atoms with Crippen LogP contribution < -0.4 is 11.7 Å². The van der Waals surface area contributed by atoms with Crippen LogP contribution in [0.1, 0.15) is 58.3 Å². The average molecular weight is 234 g/mol. The molecule has 0 atom stereocenters. The van der Waals surface area contributed by atoms with Crippen LogP contribution in [0.15, 0.2) is 0 Å². The van der Waals surface area contributed by atoms with Crippen molar-refractivity contribution in [3.63, 3.8) is 0 Å². The molecular formula is C12H30N2O2. The fourth-order valence-corrected chi connectivity index (χ4v) is 1.50. The molecule has 0 fully saturated rings. The Kier molecular flexibility index (Phi) is 23.1. The van der Waals surface area contributed by atoms with Crippen LogP contribution in [-0.2, 0) is 4.74 Å². The molecular weight excluding hydrogens is 204 g/mol. The van der Waals surface area contributed by atoms with Crippen LogP contribution in [-0.4, -0.2) is 24.9 Å². The van der Waals surface area contributed by atoms with Gasteiger partial charge in [-0.3, -0.25) is 11.7 Å². The van der Waals surface area contributed by atoms with Gasteiger partial charge in [0.25, 0.3) is 0 Å². The molecule has 16 heavy (non-hydrogen) atoms. The fourth-order valence-electron chi connectivity index (χ4n) is 1.50. The summed E-state index contributed by atoms with van der Waals surface area (Å²) in [7, 11) is 0. The van der Waals surface area contributed by atoms with E-state index in [1.807, 2.05) is 0 Å². The second kappa shape index (κ2) is 20.3. The molecule has 5 N–H and O–H groups in total. The summed E-state index contributed by atoms with van der Waals surface area (Å²) in [6.45, 7) is 3.71. The lowest BCUT2D eigenvalue weighted by atomic mass is 10.1. The van der Waals surface area contributed by atoms with Crippen LogP contribution >= 0.6 is 0 Å². The van der Waals surface area contributed by atoms with Crippen molar-refractivity contribution in [2.24, 2.45) is 11.7 Å². The van der Waals surface area contributed by atoms with Crippen molar-refractivity contribution in [1.29, 1.82) is 0 Å². The summed E-state index contributed by atoms with van der Waals surface area (Å²) < 4.78 is 5.18. The lowest BCUT2D eigenvalue weighted by Gasteiger charge is -2.02. The van der Waals surface area contributed by atoms with E-state index < -0.39 is 0 Å². The lowest BCUT2D eigenvalue weighted by molar-refractivity contribution is 0.0895. The SMILES string of the molecule is CCCCCCCCCCOCCO.NN. The van der Waals surface area contributed by atoms with Gasteiger partial charge in [0, 0.05) is 6.61 Å². The third-order valence-electron chi connectivity index (χ3n) is 2.38. The largest absolute Gasteiger partial charge is 0.394 e. The monoisotopic (exact) mass is 234 g/mol. The Balaban J connectivity index is 0. The van der Waals surface area contributed by atoms with Crippen LogP contribution in [0, 0.1) is 0 Å². The number of aliphatic hydroxyl groups is 1. The van der Waals surface area contributed by atoms with E-state index in [1.54, 1.807) is 0 Å². The minimum atomic E-state index is 0.150. The Hall–Kier alpha value is -0.160. The highest BCUT2D eigenvalue weighted by Crippen LogP contribution is 2.08. The van der Waals surface area contributed by atoms with E-state index in [0.29, 0.717) is 6.61 Å². The molecule has 0 saturated carbocycles. The molecule has 0 spiro atoms. The number of hydrogen-bond acceptors (Lipinski definition) is 4. The van der Waals surface area contributed by atoms with Gasteiger partial charge in [-0.2, -0.15) is 0 Å². The number of hydrogen-bond donors (Lipinski definition) is 3. The van der Waals surface area contributed by atoms with Crippen molar-refractivity contribution in [3.05, 3.63) is 0 Å². The third kappa shape index (κ3) is 19.4. The molecule has 100 valence electrons. The molecule has 0 radical (unpaired) electrons. The molecule has 0 bridgehead atoms. The normalized spacial score (nSPS) is 9.75. The zero-order chi connectivity index (χ0) is 12.5. The maximum absolute atomic E-state index is 8.46. The van der Waals surface area contributed by atoms with Crippen LogP contribution in [0.2, 0.25) is 0 Å². The smallest absolute Gasteiger partial charge is 0.0697 e. The maximum Gasteiger partial charge on any atom is 0.0697 e. The Morgan fingerprint density at radius 3 is 1.81 bits per heavy atom. The number of unbranched alkanes of at least 4 members (excludes halogenated alkanes) is 7. The minimum absolute atomic E-state index is 0.150. The molecule has 0 heterocycles. The second-order valence-electron chi connectivity index (χ2n) is 3.81. The maximum atomic E-state index is 8.46. The summed E-state index contributed by atoms with van der Waals surface area (Å²) in [5.74, 6) is 8.00. The van der Waals surface area contributed by atoms with Crippen LogP contribution in [0.4, 0.5) is 0 Å². The fraction of sp³-hybridized carbons (Fsp3) is 1.00. The first-order valence-electron chi connectivity index (χ1n) is 6.43. The molecule has 0 amide bonds. The number of nitrogens with two attached hydrogens (primary N) is 2. The van der Waals surface area contributed by atoms with Crippen LogP contribution in [0.25, 0.3) is 0 Å². The highest BCUT2D eigenvalue weighted by Gasteiger charge is 1.91. The quantitative estimate of drug-likeness (QED) is 0.290. The zero-order valence-corrected chi connectivity index (χ0v) is 10.8. The topological polar surface area (TPSA) is 81.5 Å². The Bertz CT molecular complexity index is 91.0. The van der Waals surface area contributed by atoms with Gasteiger partial charge in [-0.1, -0.05) is 51.9 Å². The summed E-state index contributed by atoms with van der Waals surface area (Å²) in [5.41, 5.74) is 0. The molecule has 4 heteroatoms. The molecule has 0 rings (SSSR count). The van der Waals surface area contributed by atoms with E-state index in [1.165, 1.54) is 44.9 Å². The standard InChI is InChI=1S/C12H26O2.H4N2/c1-2-3-4-5-6-7-8-9-11-14-12-10-13;1-2/h13H,2-12H2,1H3;1-2H2. The number of ether oxygens (including phenoxy) is 1. The lowest BCUT2D eigenvalue weighted by Crippen LogP contribution is -2.02. The molecule has 0 aliphatic rings. The molecule has 0 aliphatic carbocycles. The first-order valence-corrected chi connectivity index (χ1v) is 6.43. The Labute approximate surface area is 100 Å². The van der Waals surface area contributed by atoms with Gasteiger partial charge >= 0.3 is 0 Å². The first-order chi connectivity index (χ1) is 7.91. The van der Waals surface area contributed by atoms with E-state index in [9.17, 15) is 0 Å². The van der Waals surface area contributed by atoms with Gasteiger partial charge in [-0.25, -0.2) is 0 Å². The minimum Gasteiger partial charge on any atom is -0.394 e. The van der Waals surface area contributed by atoms with Gasteiger partial charge < -0.3 is 9.84 Å².